The van der Waals surface area contributed by atoms with E-state index in [1.54, 1.807) is 6.08 Å². The zero-order valence-electron chi connectivity index (χ0n) is 25.1. The molecule has 2 aliphatic heterocycles. The summed E-state index contributed by atoms with van der Waals surface area (Å²) in [5, 5.41) is 0. The first-order valence-corrected chi connectivity index (χ1v) is 15.4. The van der Waals surface area contributed by atoms with E-state index < -0.39 is 42.6 Å². The van der Waals surface area contributed by atoms with E-state index in [1.165, 1.54) is 6.08 Å². The first-order valence-electron chi connectivity index (χ1n) is 15.4. The molecule has 0 radical (unpaired) electrons. The minimum Gasteiger partial charge on any atom is -0.452 e. The number of cyclic esters (lactones) is 1. The van der Waals surface area contributed by atoms with Crippen molar-refractivity contribution in [3.63, 3.8) is 0 Å². The molecule has 1 fully saturated rings. The van der Waals surface area contributed by atoms with Crippen LogP contribution in [0.3, 0.4) is 0 Å². The smallest absolute Gasteiger partial charge is 0.331 e. The highest BCUT2D eigenvalue weighted by atomic mass is 16.6. The summed E-state index contributed by atoms with van der Waals surface area (Å²) in [6.07, 6.45) is -0.425. The first kappa shape index (κ1) is 30.9. The fourth-order valence-electron chi connectivity index (χ4n) is 5.65. The van der Waals surface area contributed by atoms with Crippen LogP contribution >= 0.6 is 0 Å². The lowest BCUT2D eigenvalue weighted by molar-refractivity contribution is -0.283. The van der Waals surface area contributed by atoms with Crippen LogP contribution in [-0.2, 0) is 59.6 Å². The highest BCUT2D eigenvalue weighted by Gasteiger charge is 2.51. The van der Waals surface area contributed by atoms with Gasteiger partial charge in [0.15, 0.2) is 0 Å². The van der Waals surface area contributed by atoms with Crippen LogP contribution in [0.2, 0.25) is 0 Å². The Balaban J connectivity index is 1.31. The van der Waals surface area contributed by atoms with Gasteiger partial charge in [-0.25, -0.2) is 4.79 Å². The molecule has 0 spiro atoms. The Labute approximate surface area is 264 Å². The van der Waals surface area contributed by atoms with Crippen molar-refractivity contribution in [1.82, 2.24) is 0 Å². The van der Waals surface area contributed by atoms with E-state index in [0.717, 1.165) is 22.3 Å². The van der Waals surface area contributed by atoms with E-state index >= 15 is 0 Å². The van der Waals surface area contributed by atoms with Gasteiger partial charge in [-0.2, -0.15) is 0 Å². The summed E-state index contributed by atoms with van der Waals surface area (Å²) in [4.78, 5) is 12.2. The summed E-state index contributed by atoms with van der Waals surface area (Å²) in [6, 6.07) is 40.0. The topological polar surface area (TPSA) is 72.5 Å². The lowest BCUT2D eigenvalue weighted by atomic mass is 9.91. The van der Waals surface area contributed by atoms with Gasteiger partial charge in [-0.3, -0.25) is 0 Å². The standard InChI is InChI=1S/C38H38O7/c39-34-22-21-32(44-34)36-38(43-26-31-19-11-4-12-20-31)37(42-25-30-17-9-3-10-18-30)35(41-24-29-15-7-2-8-16-29)33(45-36)27-40-23-28-13-5-1-6-14-28/h1-22,32-33,35-38H,23-27H2/t32-,33+,35+,36+,37-,38-/m0/s1. The Kier molecular flexibility index (Phi) is 10.8. The summed E-state index contributed by atoms with van der Waals surface area (Å²) < 4.78 is 38.7. The molecule has 6 rings (SSSR count). The molecule has 0 saturated carbocycles. The number of hydrogen-bond acceptors (Lipinski definition) is 7. The summed E-state index contributed by atoms with van der Waals surface area (Å²) in [7, 11) is 0. The van der Waals surface area contributed by atoms with Gasteiger partial charge >= 0.3 is 5.97 Å². The van der Waals surface area contributed by atoms with Crippen LogP contribution in [0.15, 0.2) is 133 Å². The molecule has 0 amide bonds. The molecule has 0 aliphatic carbocycles. The van der Waals surface area contributed by atoms with Gasteiger partial charge < -0.3 is 28.4 Å². The van der Waals surface area contributed by atoms with Crippen molar-refractivity contribution in [2.24, 2.45) is 0 Å². The van der Waals surface area contributed by atoms with Crippen molar-refractivity contribution < 1.29 is 33.2 Å². The summed E-state index contributed by atoms with van der Waals surface area (Å²) in [6.45, 7) is 1.67. The molecule has 232 valence electrons. The molecular formula is C38H38O7. The zero-order chi connectivity index (χ0) is 30.7. The summed E-state index contributed by atoms with van der Waals surface area (Å²) >= 11 is 0. The third-order valence-electron chi connectivity index (χ3n) is 7.92. The maximum absolute atomic E-state index is 12.2. The molecule has 0 aromatic heterocycles. The number of ether oxygens (including phenoxy) is 6. The van der Waals surface area contributed by atoms with Crippen LogP contribution in [0.25, 0.3) is 0 Å². The second kappa shape index (κ2) is 15.8. The number of benzene rings is 4. The van der Waals surface area contributed by atoms with Crippen LogP contribution in [0.4, 0.5) is 0 Å². The van der Waals surface area contributed by atoms with Crippen LogP contribution in [0.1, 0.15) is 22.3 Å². The van der Waals surface area contributed by atoms with Crippen molar-refractivity contribution in [2.45, 2.75) is 63.1 Å². The Hall–Kier alpha value is -4.11. The van der Waals surface area contributed by atoms with Gasteiger partial charge in [0, 0.05) is 6.08 Å². The number of carbonyl (C=O) groups is 1. The molecule has 1 saturated heterocycles. The van der Waals surface area contributed by atoms with E-state index in [0.29, 0.717) is 26.4 Å². The van der Waals surface area contributed by atoms with E-state index in [-0.39, 0.29) is 6.61 Å². The lowest BCUT2D eigenvalue weighted by Crippen LogP contribution is -2.63. The minimum atomic E-state index is -0.654. The average molecular weight is 607 g/mol. The lowest BCUT2D eigenvalue weighted by Gasteiger charge is -2.47. The minimum absolute atomic E-state index is 0.242. The maximum Gasteiger partial charge on any atom is 0.331 e. The second-order valence-corrected chi connectivity index (χ2v) is 11.2. The fourth-order valence-corrected chi connectivity index (χ4v) is 5.65. The van der Waals surface area contributed by atoms with E-state index in [4.69, 9.17) is 28.4 Å². The molecule has 7 nitrogen and oxygen atoms in total. The summed E-state index contributed by atoms with van der Waals surface area (Å²) in [5.41, 5.74) is 4.11. The number of hydrogen-bond donors (Lipinski definition) is 0. The van der Waals surface area contributed by atoms with E-state index in [9.17, 15) is 4.79 Å². The Morgan fingerprint density at radius 1 is 0.533 bits per heavy atom. The van der Waals surface area contributed by atoms with Gasteiger partial charge in [-0.1, -0.05) is 121 Å². The van der Waals surface area contributed by atoms with Gasteiger partial charge in [0.05, 0.1) is 33.0 Å². The Bertz CT molecular complexity index is 1480. The van der Waals surface area contributed by atoms with Crippen molar-refractivity contribution in [1.29, 1.82) is 0 Å². The molecule has 0 bridgehead atoms. The molecule has 0 N–H and O–H groups in total. The molecular weight excluding hydrogens is 568 g/mol. The molecule has 6 atom stereocenters. The molecule has 4 aromatic carbocycles. The molecule has 2 aliphatic rings. The van der Waals surface area contributed by atoms with Crippen molar-refractivity contribution in [2.75, 3.05) is 6.61 Å². The van der Waals surface area contributed by atoms with Crippen LogP contribution in [-0.4, -0.2) is 49.2 Å². The van der Waals surface area contributed by atoms with Gasteiger partial charge in [-0.15, -0.1) is 0 Å². The van der Waals surface area contributed by atoms with Crippen LogP contribution in [0, 0.1) is 0 Å². The van der Waals surface area contributed by atoms with Crippen LogP contribution < -0.4 is 0 Å². The Morgan fingerprint density at radius 3 is 1.44 bits per heavy atom. The highest BCUT2D eigenvalue weighted by molar-refractivity contribution is 5.84. The van der Waals surface area contributed by atoms with E-state index in [1.807, 2.05) is 121 Å². The maximum atomic E-state index is 12.2. The van der Waals surface area contributed by atoms with Gasteiger partial charge in [0.1, 0.15) is 36.6 Å². The predicted molar refractivity (Wildman–Crippen MR) is 169 cm³/mol. The SMILES string of the molecule is O=C1C=C[C@@H]([C@H]2O[C@H](COCc3ccccc3)[C@@H](OCc3ccccc3)[C@H](OCc3ccccc3)[C@H]2OCc2ccccc2)O1. The van der Waals surface area contributed by atoms with Crippen molar-refractivity contribution in [3.8, 4) is 0 Å². The monoisotopic (exact) mass is 606 g/mol. The number of carbonyl (C=O) groups excluding carboxylic acids is 1. The predicted octanol–water partition coefficient (Wildman–Crippen LogP) is 6.21. The van der Waals surface area contributed by atoms with Gasteiger partial charge in [0.2, 0.25) is 0 Å². The molecule has 4 aromatic rings. The first-order chi connectivity index (χ1) is 22.2. The Morgan fingerprint density at radius 2 is 0.978 bits per heavy atom. The normalized spacial score (nSPS) is 24.4. The zero-order valence-corrected chi connectivity index (χ0v) is 25.1. The van der Waals surface area contributed by atoms with Crippen molar-refractivity contribution >= 4 is 5.97 Å². The third-order valence-corrected chi connectivity index (χ3v) is 7.92. The third kappa shape index (κ3) is 8.54. The van der Waals surface area contributed by atoms with Gasteiger partial charge in [-0.05, 0) is 28.3 Å². The highest BCUT2D eigenvalue weighted by Crippen LogP contribution is 2.34. The largest absolute Gasteiger partial charge is 0.452 e. The molecule has 7 heteroatoms. The van der Waals surface area contributed by atoms with E-state index in [2.05, 4.69) is 0 Å². The van der Waals surface area contributed by atoms with Crippen LogP contribution in [0.5, 0.6) is 0 Å². The molecule has 45 heavy (non-hydrogen) atoms. The number of rotatable bonds is 14. The quantitative estimate of drug-likeness (QED) is 0.158. The molecule has 2 heterocycles. The average Bonchev–Trinajstić information content (AvgIpc) is 3.53. The fraction of sp³-hybridized carbons (Fsp3) is 0.289. The second-order valence-electron chi connectivity index (χ2n) is 11.2. The summed E-state index contributed by atoms with van der Waals surface area (Å²) in [5.74, 6) is -0.411. The van der Waals surface area contributed by atoms with Crippen molar-refractivity contribution in [3.05, 3.63) is 156 Å². The van der Waals surface area contributed by atoms with Gasteiger partial charge in [0.25, 0.3) is 0 Å². The number of esters is 1. The molecule has 0 unspecified atom stereocenters.